The minimum Gasteiger partial charge on any atom is -0.481 e. The molecule has 5 nitrogen and oxygen atoms in total. The molecule has 0 saturated heterocycles. The molecule has 0 aliphatic heterocycles. The smallest absolute Gasteiger partial charge is 0.305 e. The van der Waals surface area contributed by atoms with E-state index in [2.05, 4.69) is 19.2 Å². The first-order valence-electron chi connectivity index (χ1n) is 6.57. The monoisotopic (exact) mass is 258 g/mol. The molecule has 0 aromatic carbocycles. The zero-order valence-corrected chi connectivity index (χ0v) is 11.8. The van der Waals surface area contributed by atoms with Gasteiger partial charge in [0.15, 0.2) is 0 Å². The van der Waals surface area contributed by atoms with Gasteiger partial charge in [-0.25, -0.2) is 0 Å². The van der Waals surface area contributed by atoms with E-state index >= 15 is 0 Å². The van der Waals surface area contributed by atoms with Gasteiger partial charge in [-0.3, -0.25) is 9.59 Å². The van der Waals surface area contributed by atoms with Crippen LogP contribution < -0.4 is 11.1 Å². The Morgan fingerprint density at radius 3 is 2.22 bits per heavy atom. The van der Waals surface area contributed by atoms with Crippen LogP contribution in [0.3, 0.4) is 0 Å². The fourth-order valence-corrected chi connectivity index (χ4v) is 1.99. The molecule has 0 aliphatic rings. The fraction of sp³-hybridized carbons (Fsp3) is 0.846. The summed E-state index contributed by atoms with van der Waals surface area (Å²) < 4.78 is 0. The van der Waals surface area contributed by atoms with Crippen LogP contribution in [0.5, 0.6) is 0 Å². The van der Waals surface area contributed by atoms with Gasteiger partial charge < -0.3 is 16.2 Å². The summed E-state index contributed by atoms with van der Waals surface area (Å²) in [5.74, 6) is -0.714. The van der Waals surface area contributed by atoms with Crippen LogP contribution in [-0.4, -0.2) is 29.1 Å². The average Bonchev–Trinajstić information content (AvgIpc) is 2.26. The Labute approximate surface area is 109 Å². The van der Waals surface area contributed by atoms with Crippen molar-refractivity contribution in [2.45, 2.75) is 59.0 Å². The standard InChI is InChI=1S/C13H26N2O3/c1-5-6-8(2)9(3)11(7-12(16)17)15-13(18)10(4)14/h8-11H,5-7,14H2,1-4H3,(H,15,18)(H,16,17)/t8?,9?,10-,11+/m0/s1. The lowest BCUT2D eigenvalue weighted by Crippen LogP contribution is -2.48. The predicted octanol–water partition coefficient (Wildman–Crippen LogP) is 1.37. The highest BCUT2D eigenvalue weighted by atomic mass is 16.4. The number of carboxylic acids is 1. The molecule has 0 rings (SSSR count). The van der Waals surface area contributed by atoms with Gasteiger partial charge in [-0.1, -0.05) is 33.6 Å². The van der Waals surface area contributed by atoms with Crippen LogP contribution in [0.1, 0.15) is 47.0 Å². The third kappa shape index (κ3) is 6.00. The van der Waals surface area contributed by atoms with E-state index in [9.17, 15) is 9.59 Å². The first kappa shape index (κ1) is 16.9. The fourth-order valence-electron chi connectivity index (χ4n) is 1.99. The van der Waals surface area contributed by atoms with E-state index < -0.39 is 12.0 Å². The summed E-state index contributed by atoms with van der Waals surface area (Å²) in [6.07, 6.45) is 2.01. The Bertz CT molecular complexity index is 279. The molecular weight excluding hydrogens is 232 g/mol. The zero-order chi connectivity index (χ0) is 14.3. The summed E-state index contributed by atoms with van der Waals surface area (Å²) in [5.41, 5.74) is 5.49. The predicted molar refractivity (Wildman–Crippen MR) is 71.1 cm³/mol. The summed E-state index contributed by atoms with van der Waals surface area (Å²) in [6, 6.07) is -0.975. The van der Waals surface area contributed by atoms with Crippen molar-refractivity contribution in [3.63, 3.8) is 0 Å². The number of hydrogen-bond acceptors (Lipinski definition) is 3. The molecule has 0 aliphatic carbocycles. The summed E-state index contributed by atoms with van der Waals surface area (Å²) in [5, 5.41) is 11.7. The van der Waals surface area contributed by atoms with Crippen LogP contribution in [0.25, 0.3) is 0 Å². The highest BCUT2D eigenvalue weighted by molar-refractivity contribution is 5.82. The van der Waals surface area contributed by atoms with Gasteiger partial charge in [-0.15, -0.1) is 0 Å². The van der Waals surface area contributed by atoms with Crippen molar-refractivity contribution in [1.82, 2.24) is 5.32 Å². The average molecular weight is 258 g/mol. The van der Waals surface area contributed by atoms with Gasteiger partial charge in [0, 0.05) is 6.04 Å². The molecule has 106 valence electrons. The normalized spacial score (nSPS) is 17.6. The van der Waals surface area contributed by atoms with Crippen LogP contribution in [0.2, 0.25) is 0 Å². The summed E-state index contributed by atoms with van der Waals surface area (Å²) in [7, 11) is 0. The molecule has 4 N–H and O–H groups in total. The Morgan fingerprint density at radius 1 is 1.28 bits per heavy atom. The Kier molecular flexibility index (Phi) is 7.59. The van der Waals surface area contributed by atoms with Gasteiger partial charge in [0.25, 0.3) is 0 Å². The van der Waals surface area contributed by atoms with Gasteiger partial charge in [-0.05, 0) is 18.8 Å². The summed E-state index contributed by atoms with van der Waals surface area (Å²) in [4.78, 5) is 22.5. The number of hydrogen-bond donors (Lipinski definition) is 3. The maximum absolute atomic E-state index is 11.6. The number of carboxylic acid groups (broad SMARTS) is 1. The second kappa shape index (κ2) is 8.08. The maximum atomic E-state index is 11.6. The van der Waals surface area contributed by atoms with Gasteiger partial charge in [0.1, 0.15) is 0 Å². The van der Waals surface area contributed by atoms with E-state index in [1.807, 2.05) is 6.92 Å². The van der Waals surface area contributed by atoms with E-state index in [1.54, 1.807) is 6.92 Å². The number of nitrogens with two attached hydrogens (primary N) is 1. The number of amides is 1. The second-order valence-electron chi connectivity index (χ2n) is 5.13. The number of carbonyl (C=O) groups is 2. The third-order valence-electron chi connectivity index (χ3n) is 3.41. The SMILES string of the molecule is CCCC(C)C(C)[C@@H](CC(=O)O)NC(=O)[C@H](C)N. The van der Waals surface area contributed by atoms with Gasteiger partial charge in [0.05, 0.1) is 12.5 Å². The molecular formula is C13H26N2O3. The van der Waals surface area contributed by atoms with Crippen LogP contribution in [0.4, 0.5) is 0 Å². The minimum atomic E-state index is -0.902. The maximum Gasteiger partial charge on any atom is 0.305 e. The number of aliphatic carboxylic acids is 1. The molecule has 4 atom stereocenters. The number of carbonyl (C=O) groups excluding carboxylic acids is 1. The van der Waals surface area contributed by atoms with Crippen molar-refractivity contribution >= 4 is 11.9 Å². The van der Waals surface area contributed by atoms with Gasteiger partial charge in [0.2, 0.25) is 5.91 Å². The Morgan fingerprint density at radius 2 is 1.83 bits per heavy atom. The molecule has 0 saturated carbocycles. The topological polar surface area (TPSA) is 92.4 Å². The summed E-state index contributed by atoms with van der Waals surface area (Å²) >= 11 is 0. The molecule has 0 heterocycles. The molecule has 0 radical (unpaired) electrons. The van der Waals surface area contributed by atoms with E-state index in [4.69, 9.17) is 10.8 Å². The zero-order valence-electron chi connectivity index (χ0n) is 11.8. The molecule has 0 fully saturated rings. The quantitative estimate of drug-likeness (QED) is 0.613. The van der Waals surface area contributed by atoms with Gasteiger partial charge >= 0.3 is 5.97 Å². The molecule has 0 aromatic heterocycles. The van der Waals surface area contributed by atoms with E-state index in [-0.39, 0.29) is 24.3 Å². The minimum absolute atomic E-state index is 0.0618. The number of nitrogens with one attached hydrogen (secondary N) is 1. The van der Waals surface area contributed by atoms with Crippen molar-refractivity contribution in [2.75, 3.05) is 0 Å². The molecule has 1 amide bonds. The lowest BCUT2D eigenvalue weighted by Gasteiger charge is -2.29. The molecule has 18 heavy (non-hydrogen) atoms. The highest BCUT2D eigenvalue weighted by Gasteiger charge is 2.26. The van der Waals surface area contributed by atoms with Crippen molar-refractivity contribution < 1.29 is 14.7 Å². The van der Waals surface area contributed by atoms with Crippen LogP contribution >= 0.6 is 0 Å². The highest BCUT2D eigenvalue weighted by Crippen LogP contribution is 2.22. The lowest BCUT2D eigenvalue weighted by molar-refractivity contribution is -0.138. The van der Waals surface area contributed by atoms with Crippen LogP contribution in [0, 0.1) is 11.8 Å². The second-order valence-corrected chi connectivity index (χ2v) is 5.13. The van der Waals surface area contributed by atoms with E-state index in [0.717, 1.165) is 12.8 Å². The van der Waals surface area contributed by atoms with E-state index in [0.29, 0.717) is 5.92 Å². The summed E-state index contributed by atoms with van der Waals surface area (Å²) in [6.45, 7) is 7.75. The van der Waals surface area contributed by atoms with Crippen LogP contribution in [-0.2, 0) is 9.59 Å². The van der Waals surface area contributed by atoms with Crippen LogP contribution in [0.15, 0.2) is 0 Å². The Hall–Kier alpha value is -1.10. The Balaban J connectivity index is 4.65. The van der Waals surface area contributed by atoms with Crippen molar-refractivity contribution in [3.05, 3.63) is 0 Å². The molecule has 2 unspecified atom stereocenters. The molecule has 0 bridgehead atoms. The number of rotatable bonds is 8. The molecule has 5 heteroatoms. The van der Waals surface area contributed by atoms with Crippen molar-refractivity contribution in [1.29, 1.82) is 0 Å². The van der Waals surface area contributed by atoms with Crippen molar-refractivity contribution in [2.24, 2.45) is 17.6 Å². The lowest BCUT2D eigenvalue weighted by atomic mass is 9.84. The largest absolute Gasteiger partial charge is 0.481 e. The molecule has 0 aromatic rings. The first-order chi connectivity index (χ1) is 8.29. The third-order valence-corrected chi connectivity index (χ3v) is 3.41. The molecule has 0 spiro atoms. The van der Waals surface area contributed by atoms with Gasteiger partial charge in [-0.2, -0.15) is 0 Å². The van der Waals surface area contributed by atoms with Crippen molar-refractivity contribution in [3.8, 4) is 0 Å². The first-order valence-corrected chi connectivity index (χ1v) is 6.57. The van der Waals surface area contributed by atoms with E-state index in [1.165, 1.54) is 0 Å².